The van der Waals surface area contributed by atoms with Crippen LogP contribution < -0.4 is 10.0 Å². The Labute approximate surface area is 147 Å². The normalized spacial score (nSPS) is 21.2. The molecule has 2 N–H and O–H groups in total. The van der Waals surface area contributed by atoms with Gasteiger partial charge in [-0.1, -0.05) is 0 Å². The Kier molecular flexibility index (Phi) is 4.88. The summed E-state index contributed by atoms with van der Waals surface area (Å²) in [6, 6.07) is 1.68. The van der Waals surface area contributed by atoms with Crippen LogP contribution in [0, 0.1) is 5.92 Å². The van der Waals surface area contributed by atoms with E-state index in [1.165, 1.54) is 23.9 Å². The maximum absolute atomic E-state index is 12.8. The summed E-state index contributed by atoms with van der Waals surface area (Å²) in [4.78, 5) is 26.8. The molecular weight excluding hydrogens is 344 g/mol. The number of amides is 2. The highest BCUT2D eigenvalue weighted by Crippen LogP contribution is 2.23. The summed E-state index contributed by atoms with van der Waals surface area (Å²) in [6.07, 6.45) is 5.02. The van der Waals surface area contributed by atoms with Gasteiger partial charge in [-0.3, -0.25) is 9.59 Å². The predicted octanol–water partition coefficient (Wildman–Crippen LogP) is 0.0640. The summed E-state index contributed by atoms with van der Waals surface area (Å²) in [5.74, 6) is -0.423. The molecule has 0 bridgehead atoms. The minimum Gasteiger partial charge on any atom is -0.353 e. The van der Waals surface area contributed by atoms with E-state index in [1.54, 1.807) is 11.9 Å². The van der Waals surface area contributed by atoms with Crippen molar-refractivity contribution in [2.45, 2.75) is 36.6 Å². The first kappa shape index (κ1) is 17.9. The maximum atomic E-state index is 12.8. The number of carbonyl (C=O) groups excluding carboxylic acids is 2. The SMILES string of the molecule is CNS(=O)(=O)c1cc(C(=O)N2CCCC(C(=O)NC3CC3)C2)n(C)c1. The van der Waals surface area contributed by atoms with Gasteiger partial charge in [0.05, 0.1) is 5.92 Å². The summed E-state index contributed by atoms with van der Waals surface area (Å²) in [5.41, 5.74) is 0.303. The standard InChI is InChI=1S/C16H24N4O4S/c1-17-25(23,24)13-8-14(19(2)10-13)16(22)20-7-3-4-11(9-20)15(21)18-12-5-6-12/h8,10-12,17H,3-7,9H2,1-2H3,(H,18,21). The van der Waals surface area contributed by atoms with Crippen LogP contribution >= 0.6 is 0 Å². The number of hydrogen-bond donors (Lipinski definition) is 2. The molecule has 0 radical (unpaired) electrons. The maximum Gasteiger partial charge on any atom is 0.270 e. The van der Waals surface area contributed by atoms with Gasteiger partial charge in [-0.05, 0) is 38.8 Å². The van der Waals surface area contributed by atoms with Gasteiger partial charge in [-0.25, -0.2) is 13.1 Å². The Hall–Kier alpha value is -1.87. The molecule has 0 spiro atoms. The van der Waals surface area contributed by atoms with Crippen LogP contribution in [0.4, 0.5) is 0 Å². The zero-order valence-corrected chi connectivity index (χ0v) is 15.3. The van der Waals surface area contributed by atoms with Crippen molar-refractivity contribution in [1.82, 2.24) is 19.5 Å². The zero-order chi connectivity index (χ0) is 18.2. The number of sulfonamides is 1. The summed E-state index contributed by atoms with van der Waals surface area (Å²) < 4.78 is 27.6. The molecule has 1 saturated carbocycles. The molecule has 2 heterocycles. The van der Waals surface area contributed by atoms with E-state index in [9.17, 15) is 18.0 Å². The van der Waals surface area contributed by atoms with Gasteiger partial charge >= 0.3 is 0 Å². The zero-order valence-electron chi connectivity index (χ0n) is 14.5. The first-order valence-electron chi connectivity index (χ1n) is 8.51. The Balaban J connectivity index is 1.73. The molecule has 0 aromatic carbocycles. The van der Waals surface area contributed by atoms with E-state index in [4.69, 9.17) is 0 Å². The minimum absolute atomic E-state index is 0.0188. The third-order valence-corrected chi connectivity index (χ3v) is 6.16. The molecule has 138 valence electrons. The van der Waals surface area contributed by atoms with Gasteiger partial charge in [0.15, 0.2) is 0 Å². The molecule has 1 aromatic rings. The smallest absolute Gasteiger partial charge is 0.270 e. The van der Waals surface area contributed by atoms with Crippen molar-refractivity contribution in [2.24, 2.45) is 13.0 Å². The average molecular weight is 368 g/mol. The Bertz CT molecular complexity index is 782. The minimum atomic E-state index is -3.60. The number of hydrogen-bond acceptors (Lipinski definition) is 4. The number of nitrogens with one attached hydrogen (secondary N) is 2. The molecule has 9 heteroatoms. The number of nitrogens with zero attached hydrogens (tertiary/aromatic N) is 2. The first-order chi connectivity index (χ1) is 11.8. The molecule has 8 nitrogen and oxygen atoms in total. The summed E-state index contributed by atoms with van der Waals surface area (Å²) in [6.45, 7) is 0.946. The van der Waals surface area contributed by atoms with E-state index in [2.05, 4.69) is 10.0 Å². The predicted molar refractivity (Wildman–Crippen MR) is 91.5 cm³/mol. The molecule has 1 aliphatic heterocycles. The first-order valence-corrected chi connectivity index (χ1v) is 9.99. The highest BCUT2D eigenvalue weighted by Gasteiger charge is 2.33. The quantitative estimate of drug-likeness (QED) is 0.768. The molecule has 1 aromatic heterocycles. The van der Waals surface area contributed by atoms with Gasteiger partial charge in [0.25, 0.3) is 5.91 Å². The lowest BCUT2D eigenvalue weighted by atomic mass is 9.97. The van der Waals surface area contributed by atoms with Gasteiger partial charge in [0.1, 0.15) is 10.6 Å². The van der Waals surface area contributed by atoms with Crippen LogP contribution in [0.2, 0.25) is 0 Å². The van der Waals surface area contributed by atoms with E-state index >= 15 is 0 Å². The van der Waals surface area contributed by atoms with Gasteiger partial charge in [-0.15, -0.1) is 0 Å². The third kappa shape index (κ3) is 3.87. The average Bonchev–Trinajstić information content (AvgIpc) is 3.33. The summed E-state index contributed by atoms with van der Waals surface area (Å²) in [7, 11) is -0.628. The lowest BCUT2D eigenvalue weighted by molar-refractivity contribution is -0.126. The van der Waals surface area contributed by atoms with Crippen molar-refractivity contribution >= 4 is 21.8 Å². The van der Waals surface area contributed by atoms with Crippen LogP contribution in [0.15, 0.2) is 17.2 Å². The molecule has 1 atom stereocenters. The molecule has 2 aliphatic rings. The molecule has 2 fully saturated rings. The molecule has 1 unspecified atom stereocenters. The number of piperidine rings is 1. The lowest BCUT2D eigenvalue weighted by Gasteiger charge is -2.32. The van der Waals surface area contributed by atoms with Crippen molar-refractivity contribution in [3.8, 4) is 0 Å². The fourth-order valence-electron chi connectivity index (χ4n) is 3.10. The van der Waals surface area contributed by atoms with E-state index in [1.807, 2.05) is 0 Å². The van der Waals surface area contributed by atoms with Gasteiger partial charge < -0.3 is 14.8 Å². The Morgan fingerprint density at radius 2 is 1.96 bits per heavy atom. The number of aryl methyl sites for hydroxylation is 1. The second-order valence-electron chi connectivity index (χ2n) is 6.75. The van der Waals surface area contributed by atoms with Crippen molar-refractivity contribution in [3.63, 3.8) is 0 Å². The molecule has 2 amide bonds. The molecule has 25 heavy (non-hydrogen) atoms. The molecule has 1 saturated heterocycles. The largest absolute Gasteiger partial charge is 0.353 e. The monoisotopic (exact) mass is 368 g/mol. The van der Waals surface area contributed by atoms with Crippen LogP contribution in [0.3, 0.4) is 0 Å². The van der Waals surface area contributed by atoms with Crippen LogP contribution in [0.1, 0.15) is 36.2 Å². The van der Waals surface area contributed by atoms with E-state index in [0.29, 0.717) is 24.8 Å². The highest BCUT2D eigenvalue weighted by molar-refractivity contribution is 7.89. The van der Waals surface area contributed by atoms with E-state index in [-0.39, 0.29) is 22.6 Å². The fraction of sp³-hybridized carbons (Fsp3) is 0.625. The number of rotatable bonds is 5. The summed E-state index contributed by atoms with van der Waals surface area (Å²) >= 11 is 0. The van der Waals surface area contributed by atoms with Crippen molar-refractivity contribution in [1.29, 1.82) is 0 Å². The van der Waals surface area contributed by atoms with Crippen LogP contribution in [-0.2, 0) is 21.9 Å². The van der Waals surface area contributed by atoms with Gasteiger partial charge in [0.2, 0.25) is 15.9 Å². The second-order valence-corrected chi connectivity index (χ2v) is 8.64. The fourth-order valence-corrected chi connectivity index (χ4v) is 3.90. The van der Waals surface area contributed by atoms with Crippen LogP contribution in [0.25, 0.3) is 0 Å². The Morgan fingerprint density at radius 1 is 1.24 bits per heavy atom. The van der Waals surface area contributed by atoms with Crippen molar-refractivity contribution in [2.75, 3.05) is 20.1 Å². The molecular formula is C16H24N4O4S. The Morgan fingerprint density at radius 3 is 2.60 bits per heavy atom. The summed E-state index contributed by atoms with van der Waals surface area (Å²) in [5, 5.41) is 3.00. The van der Waals surface area contributed by atoms with Crippen LogP contribution in [-0.4, -0.2) is 55.9 Å². The highest BCUT2D eigenvalue weighted by atomic mass is 32.2. The van der Waals surface area contributed by atoms with Crippen molar-refractivity contribution in [3.05, 3.63) is 18.0 Å². The lowest BCUT2D eigenvalue weighted by Crippen LogP contribution is -2.46. The van der Waals surface area contributed by atoms with E-state index in [0.717, 1.165) is 25.7 Å². The van der Waals surface area contributed by atoms with Crippen molar-refractivity contribution < 1.29 is 18.0 Å². The van der Waals surface area contributed by atoms with Gasteiger partial charge in [0, 0.05) is 32.4 Å². The van der Waals surface area contributed by atoms with E-state index < -0.39 is 10.0 Å². The molecule has 1 aliphatic carbocycles. The van der Waals surface area contributed by atoms with Crippen LogP contribution in [0.5, 0.6) is 0 Å². The topological polar surface area (TPSA) is 101 Å². The third-order valence-electron chi connectivity index (χ3n) is 4.78. The number of carbonyl (C=O) groups is 2. The molecule has 3 rings (SSSR count). The number of aromatic nitrogens is 1. The second kappa shape index (κ2) is 6.80. The number of likely N-dealkylation sites (tertiary alicyclic amines) is 1. The van der Waals surface area contributed by atoms with Gasteiger partial charge in [-0.2, -0.15) is 0 Å².